The number of thiazole rings is 1. The fraction of sp³-hybridized carbons (Fsp3) is 0.444. The maximum Gasteiger partial charge on any atom is 0.261 e. The highest BCUT2D eigenvalue weighted by Gasteiger charge is 2.30. The summed E-state index contributed by atoms with van der Waals surface area (Å²) in [6.07, 6.45) is 5.21. The van der Waals surface area contributed by atoms with E-state index in [1.807, 2.05) is 0 Å². The zero-order valence-corrected chi connectivity index (χ0v) is 14.1. The molecule has 0 radical (unpaired) electrons. The number of carbonyl (C=O) groups is 1. The Balaban J connectivity index is 1.30. The second kappa shape index (κ2) is 6.51. The van der Waals surface area contributed by atoms with Gasteiger partial charge in [0.15, 0.2) is 17.7 Å². The molecular formula is C18H19FN2O2S. The van der Waals surface area contributed by atoms with Crippen molar-refractivity contribution < 1.29 is 13.9 Å². The lowest BCUT2D eigenvalue weighted by Crippen LogP contribution is -2.38. The summed E-state index contributed by atoms with van der Waals surface area (Å²) < 4.78 is 19.1. The van der Waals surface area contributed by atoms with Gasteiger partial charge in [-0.05, 0) is 31.7 Å². The average molecular weight is 346 g/mol. The normalized spacial score (nSPS) is 18.6. The van der Waals surface area contributed by atoms with Crippen LogP contribution < -0.4 is 10.1 Å². The number of benzene rings is 1. The van der Waals surface area contributed by atoms with Gasteiger partial charge in [0.1, 0.15) is 0 Å². The van der Waals surface area contributed by atoms with Crippen LogP contribution in [-0.2, 0) is 30.5 Å². The minimum Gasteiger partial charge on any atom is -0.477 e. The number of nitrogens with zero attached hydrogens (tertiary/aromatic N) is 1. The average Bonchev–Trinajstić information content (AvgIpc) is 3.18. The zero-order valence-electron chi connectivity index (χ0n) is 13.3. The van der Waals surface area contributed by atoms with Crippen LogP contribution in [0.25, 0.3) is 0 Å². The molecule has 4 rings (SSSR count). The predicted octanol–water partition coefficient (Wildman–Crippen LogP) is 2.82. The van der Waals surface area contributed by atoms with Crippen LogP contribution in [0.3, 0.4) is 0 Å². The van der Waals surface area contributed by atoms with Gasteiger partial charge >= 0.3 is 0 Å². The van der Waals surface area contributed by atoms with E-state index in [9.17, 15) is 9.18 Å². The van der Waals surface area contributed by atoms with Crippen molar-refractivity contribution in [3.63, 3.8) is 0 Å². The Morgan fingerprint density at radius 1 is 1.38 bits per heavy atom. The first-order chi connectivity index (χ1) is 11.7. The minimum absolute atomic E-state index is 0.188. The number of ether oxygens (including phenoxy) is 1. The maximum absolute atomic E-state index is 13.6. The van der Waals surface area contributed by atoms with E-state index < -0.39 is 11.9 Å². The third-order valence-electron chi connectivity index (χ3n) is 4.53. The van der Waals surface area contributed by atoms with E-state index in [4.69, 9.17) is 4.74 Å². The van der Waals surface area contributed by atoms with Crippen molar-refractivity contribution in [3.8, 4) is 5.75 Å². The summed E-state index contributed by atoms with van der Waals surface area (Å²) in [5.74, 6) is -0.381. The Bertz CT molecular complexity index is 751. The first-order valence-corrected chi connectivity index (χ1v) is 9.21. The summed E-state index contributed by atoms with van der Waals surface area (Å²) in [7, 11) is 0. The van der Waals surface area contributed by atoms with Gasteiger partial charge in [-0.2, -0.15) is 0 Å². The van der Waals surface area contributed by atoms with Crippen molar-refractivity contribution in [2.75, 3.05) is 6.54 Å². The molecular weight excluding hydrogens is 327 g/mol. The summed E-state index contributed by atoms with van der Waals surface area (Å²) in [5, 5.41) is 3.97. The highest BCUT2D eigenvalue weighted by atomic mass is 32.1. The number of aromatic nitrogens is 1. The number of amides is 1. The molecule has 0 spiro atoms. The number of nitrogens with one attached hydrogen (secondary N) is 1. The highest BCUT2D eigenvalue weighted by molar-refractivity contribution is 7.11. The Morgan fingerprint density at radius 2 is 2.25 bits per heavy atom. The Labute approximate surface area is 144 Å². The lowest BCUT2D eigenvalue weighted by atomic mass is 10.0. The van der Waals surface area contributed by atoms with E-state index in [0.717, 1.165) is 29.8 Å². The van der Waals surface area contributed by atoms with Gasteiger partial charge in [0.05, 0.1) is 10.7 Å². The molecule has 0 saturated heterocycles. The van der Waals surface area contributed by atoms with E-state index in [0.29, 0.717) is 13.0 Å². The van der Waals surface area contributed by atoms with Crippen LogP contribution >= 0.6 is 11.3 Å². The monoisotopic (exact) mass is 346 g/mol. The molecule has 1 aliphatic carbocycles. The molecule has 0 fully saturated rings. The SMILES string of the molecule is O=C(NCCc1nc2c(s1)CCCC2)[C@@H]1Cc2cccc(F)c2O1. The molecule has 1 atom stereocenters. The number of halogens is 1. The van der Waals surface area contributed by atoms with Crippen molar-refractivity contribution in [2.45, 2.75) is 44.6 Å². The van der Waals surface area contributed by atoms with Crippen LogP contribution in [0.1, 0.15) is 34.0 Å². The number of carbonyl (C=O) groups excluding carboxylic acids is 1. The van der Waals surface area contributed by atoms with E-state index >= 15 is 0 Å². The maximum atomic E-state index is 13.6. The van der Waals surface area contributed by atoms with Crippen molar-refractivity contribution in [2.24, 2.45) is 0 Å². The molecule has 1 aliphatic heterocycles. The van der Waals surface area contributed by atoms with Gasteiger partial charge in [0.2, 0.25) is 0 Å². The van der Waals surface area contributed by atoms with Crippen molar-refractivity contribution in [3.05, 3.63) is 45.2 Å². The summed E-state index contributed by atoms with van der Waals surface area (Å²) >= 11 is 1.77. The van der Waals surface area contributed by atoms with Crippen molar-refractivity contribution in [1.82, 2.24) is 10.3 Å². The third-order valence-corrected chi connectivity index (χ3v) is 5.75. The van der Waals surface area contributed by atoms with E-state index in [2.05, 4.69) is 10.3 Å². The summed E-state index contributed by atoms with van der Waals surface area (Å²) in [5.41, 5.74) is 2.00. The van der Waals surface area contributed by atoms with E-state index in [-0.39, 0.29) is 11.7 Å². The minimum atomic E-state index is -0.638. The fourth-order valence-corrected chi connectivity index (χ4v) is 4.45. The second-order valence-electron chi connectivity index (χ2n) is 6.26. The number of aryl methyl sites for hydroxylation is 2. The molecule has 0 bridgehead atoms. The van der Waals surface area contributed by atoms with Crippen LogP contribution in [0.5, 0.6) is 5.75 Å². The molecule has 0 unspecified atom stereocenters. The lowest BCUT2D eigenvalue weighted by molar-refractivity contribution is -0.127. The molecule has 1 aromatic carbocycles. The number of fused-ring (bicyclic) bond motifs is 2. The summed E-state index contributed by atoms with van der Waals surface area (Å²) in [6.45, 7) is 0.532. The smallest absolute Gasteiger partial charge is 0.261 e. The Hall–Kier alpha value is -1.95. The van der Waals surface area contributed by atoms with Gasteiger partial charge in [-0.1, -0.05) is 12.1 Å². The van der Waals surface area contributed by atoms with Gasteiger partial charge < -0.3 is 10.1 Å². The van der Waals surface area contributed by atoms with Gasteiger partial charge in [-0.25, -0.2) is 9.37 Å². The number of rotatable bonds is 4. The van der Waals surface area contributed by atoms with Crippen molar-refractivity contribution >= 4 is 17.2 Å². The predicted molar refractivity (Wildman–Crippen MR) is 90.0 cm³/mol. The Kier molecular flexibility index (Phi) is 4.22. The molecule has 2 heterocycles. The molecule has 2 aliphatic rings. The number of hydrogen-bond donors (Lipinski definition) is 1. The van der Waals surface area contributed by atoms with Crippen LogP contribution in [0.15, 0.2) is 18.2 Å². The summed E-state index contributed by atoms with van der Waals surface area (Å²) in [4.78, 5) is 18.3. The van der Waals surface area contributed by atoms with E-state index in [1.165, 1.54) is 29.5 Å². The van der Waals surface area contributed by atoms with Crippen molar-refractivity contribution in [1.29, 1.82) is 0 Å². The zero-order chi connectivity index (χ0) is 16.5. The molecule has 0 saturated carbocycles. The molecule has 1 N–H and O–H groups in total. The molecule has 1 amide bonds. The van der Waals surface area contributed by atoms with Gasteiger partial charge in [0.25, 0.3) is 5.91 Å². The van der Waals surface area contributed by atoms with Gasteiger partial charge in [-0.3, -0.25) is 4.79 Å². The number of para-hydroxylation sites is 1. The fourth-order valence-electron chi connectivity index (χ4n) is 3.29. The molecule has 6 heteroatoms. The molecule has 126 valence electrons. The largest absolute Gasteiger partial charge is 0.477 e. The van der Waals surface area contributed by atoms with Crippen LogP contribution in [0, 0.1) is 5.82 Å². The summed E-state index contributed by atoms with van der Waals surface area (Å²) in [6, 6.07) is 4.79. The standard InChI is InChI=1S/C18H19FN2O2S/c19-12-5-3-4-11-10-14(23-17(11)12)18(22)20-9-8-16-21-13-6-1-2-7-15(13)24-16/h3-5,14H,1-2,6-10H2,(H,20,22)/t14-/m0/s1. The Morgan fingerprint density at radius 3 is 3.08 bits per heavy atom. The van der Waals surface area contributed by atoms with Crippen LogP contribution in [0.4, 0.5) is 4.39 Å². The third kappa shape index (κ3) is 3.02. The molecule has 1 aromatic heterocycles. The first kappa shape index (κ1) is 15.6. The van der Waals surface area contributed by atoms with Gasteiger partial charge in [0, 0.05) is 29.8 Å². The number of hydrogen-bond acceptors (Lipinski definition) is 4. The van der Waals surface area contributed by atoms with Crippen LogP contribution in [0.2, 0.25) is 0 Å². The molecule has 4 nitrogen and oxygen atoms in total. The van der Waals surface area contributed by atoms with Crippen LogP contribution in [-0.4, -0.2) is 23.5 Å². The highest BCUT2D eigenvalue weighted by Crippen LogP contribution is 2.31. The quantitative estimate of drug-likeness (QED) is 0.926. The lowest BCUT2D eigenvalue weighted by Gasteiger charge is -2.10. The van der Waals surface area contributed by atoms with Gasteiger partial charge in [-0.15, -0.1) is 11.3 Å². The second-order valence-corrected chi connectivity index (χ2v) is 7.43. The molecule has 24 heavy (non-hydrogen) atoms. The van der Waals surface area contributed by atoms with E-state index in [1.54, 1.807) is 23.5 Å². The molecule has 2 aromatic rings. The topological polar surface area (TPSA) is 51.2 Å². The first-order valence-electron chi connectivity index (χ1n) is 8.40.